The van der Waals surface area contributed by atoms with Crippen LogP contribution in [0.3, 0.4) is 0 Å². The smallest absolute Gasteiger partial charge is 0.361 e. The van der Waals surface area contributed by atoms with Gasteiger partial charge in [0, 0.05) is 0 Å². The Balaban J connectivity index is 2.25. The van der Waals surface area contributed by atoms with Gasteiger partial charge in [-0.15, -0.1) is 5.10 Å². The van der Waals surface area contributed by atoms with Crippen molar-refractivity contribution in [3.05, 3.63) is 58.9 Å². The van der Waals surface area contributed by atoms with E-state index < -0.39 is 5.97 Å². The number of nitrogens with zero attached hydrogens (tertiary/aromatic N) is 3. The number of ether oxygens (including phenoxy) is 1. The van der Waals surface area contributed by atoms with Gasteiger partial charge in [0.05, 0.1) is 12.2 Å². The van der Waals surface area contributed by atoms with Crippen molar-refractivity contribution in [2.24, 2.45) is 0 Å². The molecule has 1 heterocycles. The number of aryl methyl sites for hydroxylation is 2. The van der Waals surface area contributed by atoms with Crippen LogP contribution in [0.25, 0.3) is 0 Å². The van der Waals surface area contributed by atoms with Crippen molar-refractivity contribution in [3.8, 4) is 0 Å². The number of benzene rings is 1. The third-order valence-corrected chi connectivity index (χ3v) is 3.46. The average Bonchev–Trinajstić information content (AvgIpc) is 2.82. The maximum Gasteiger partial charge on any atom is 0.361 e. The Bertz CT molecular complexity index is 654. The van der Waals surface area contributed by atoms with E-state index in [9.17, 15) is 4.79 Å². The van der Waals surface area contributed by atoms with Crippen LogP contribution in [0.15, 0.2) is 30.9 Å². The summed E-state index contributed by atoms with van der Waals surface area (Å²) in [6.45, 7) is 10.2. The van der Waals surface area contributed by atoms with Gasteiger partial charge in [-0.05, 0) is 37.5 Å². The van der Waals surface area contributed by atoms with Crippen molar-refractivity contribution in [2.75, 3.05) is 6.61 Å². The Hall–Kier alpha value is -2.43. The van der Waals surface area contributed by atoms with Gasteiger partial charge in [-0.2, -0.15) is 0 Å². The summed E-state index contributed by atoms with van der Waals surface area (Å²) in [6.07, 6.45) is 1.52. The van der Waals surface area contributed by atoms with Gasteiger partial charge in [0.2, 0.25) is 0 Å². The van der Waals surface area contributed by atoms with Crippen LogP contribution in [0.4, 0.5) is 0 Å². The summed E-state index contributed by atoms with van der Waals surface area (Å²) in [5, 5.41) is 7.99. The summed E-state index contributed by atoms with van der Waals surface area (Å²) in [5.41, 5.74) is 4.53. The van der Waals surface area contributed by atoms with E-state index in [0.717, 1.165) is 0 Å². The SMILES string of the molecule is C=CCOC(=O)c1nnn(Cc2c(C)cccc2C)c1C. The maximum absolute atomic E-state index is 11.8. The predicted octanol–water partition coefficient (Wildman–Crippen LogP) is 2.59. The molecule has 0 saturated carbocycles. The molecule has 2 rings (SSSR count). The molecule has 2 aromatic rings. The van der Waals surface area contributed by atoms with Crippen LogP contribution in [0.2, 0.25) is 0 Å². The highest BCUT2D eigenvalue weighted by atomic mass is 16.5. The Labute approximate surface area is 124 Å². The predicted molar refractivity (Wildman–Crippen MR) is 80.3 cm³/mol. The minimum absolute atomic E-state index is 0.169. The van der Waals surface area contributed by atoms with E-state index in [4.69, 9.17) is 4.74 Å². The monoisotopic (exact) mass is 285 g/mol. The molecule has 0 atom stereocenters. The van der Waals surface area contributed by atoms with Gasteiger partial charge in [0.25, 0.3) is 0 Å². The lowest BCUT2D eigenvalue weighted by molar-refractivity contribution is 0.0542. The summed E-state index contributed by atoms with van der Waals surface area (Å²) < 4.78 is 6.72. The van der Waals surface area contributed by atoms with E-state index in [2.05, 4.69) is 42.9 Å². The number of aromatic nitrogens is 3. The maximum atomic E-state index is 11.8. The van der Waals surface area contributed by atoms with Crippen LogP contribution in [0, 0.1) is 20.8 Å². The molecule has 0 radical (unpaired) electrons. The standard InChI is InChI=1S/C16H19N3O2/c1-5-9-21-16(20)15-13(4)19(18-17-15)10-14-11(2)7-6-8-12(14)3/h5-8H,1,9-10H2,2-4H3. The van der Waals surface area contributed by atoms with Crippen LogP contribution in [-0.4, -0.2) is 27.6 Å². The van der Waals surface area contributed by atoms with Crippen molar-refractivity contribution in [1.82, 2.24) is 15.0 Å². The number of hydrogen-bond donors (Lipinski definition) is 0. The van der Waals surface area contributed by atoms with Crippen molar-refractivity contribution in [3.63, 3.8) is 0 Å². The first kappa shape index (κ1) is 15.0. The van der Waals surface area contributed by atoms with E-state index in [1.807, 2.05) is 13.0 Å². The first-order valence-electron chi connectivity index (χ1n) is 6.77. The highest BCUT2D eigenvalue weighted by molar-refractivity contribution is 5.88. The summed E-state index contributed by atoms with van der Waals surface area (Å²) in [7, 11) is 0. The number of carbonyl (C=O) groups is 1. The number of rotatable bonds is 5. The largest absolute Gasteiger partial charge is 0.457 e. The first-order chi connectivity index (χ1) is 10.0. The molecule has 1 aromatic carbocycles. The molecule has 0 spiro atoms. The Kier molecular flexibility index (Phi) is 4.52. The molecule has 0 aliphatic carbocycles. The van der Waals surface area contributed by atoms with Crippen LogP contribution in [0.5, 0.6) is 0 Å². The number of hydrogen-bond acceptors (Lipinski definition) is 4. The first-order valence-corrected chi connectivity index (χ1v) is 6.77. The van der Waals surface area contributed by atoms with E-state index in [0.29, 0.717) is 12.2 Å². The lowest BCUT2D eigenvalue weighted by Gasteiger charge is -2.10. The highest BCUT2D eigenvalue weighted by Crippen LogP contribution is 2.16. The van der Waals surface area contributed by atoms with E-state index >= 15 is 0 Å². The number of esters is 1. The van der Waals surface area contributed by atoms with Gasteiger partial charge in [-0.3, -0.25) is 0 Å². The lowest BCUT2D eigenvalue weighted by Crippen LogP contribution is -2.10. The molecule has 110 valence electrons. The Morgan fingerprint density at radius 1 is 1.33 bits per heavy atom. The Morgan fingerprint density at radius 2 is 2.00 bits per heavy atom. The molecule has 21 heavy (non-hydrogen) atoms. The summed E-state index contributed by atoms with van der Waals surface area (Å²) >= 11 is 0. The van der Waals surface area contributed by atoms with Crippen LogP contribution in [-0.2, 0) is 11.3 Å². The van der Waals surface area contributed by atoms with Crippen LogP contribution in [0.1, 0.15) is 32.9 Å². The second-order valence-electron chi connectivity index (χ2n) is 4.94. The molecule has 0 bridgehead atoms. The molecular formula is C16H19N3O2. The summed E-state index contributed by atoms with van der Waals surface area (Å²) in [5.74, 6) is -0.472. The van der Waals surface area contributed by atoms with Gasteiger partial charge in [0.15, 0.2) is 5.69 Å². The second-order valence-corrected chi connectivity index (χ2v) is 4.94. The van der Waals surface area contributed by atoms with Gasteiger partial charge in [-0.1, -0.05) is 36.1 Å². The van der Waals surface area contributed by atoms with Crippen molar-refractivity contribution >= 4 is 5.97 Å². The highest BCUT2D eigenvalue weighted by Gasteiger charge is 2.18. The van der Waals surface area contributed by atoms with Gasteiger partial charge in [-0.25, -0.2) is 9.48 Å². The molecule has 0 amide bonds. The Morgan fingerprint density at radius 3 is 2.62 bits per heavy atom. The van der Waals surface area contributed by atoms with E-state index in [1.165, 1.54) is 22.8 Å². The fourth-order valence-corrected chi connectivity index (χ4v) is 2.15. The third-order valence-electron chi connectivity index (χ3n) is 3.46. The van der Waals surface area contributed by atoms with E-state index in [1.54, 1.807) is 4.68 Å². The topological polar surface area (TPSA) is 57.0 Å². The molecule has 0 fully saturated rings. The quantitative estimate of drug-likeness (QED) is 0.626. The molecule has 5 heteroatoms. The second kappa shape index (κ2) is 6.35. The molecule has 5 nitrogen and oxygen atoms in total. The third kappa shape index (κ3) is 3.18. The molecule has 0 aliphatic heterocycles. The molecule has 1 aromatic heterocycles. The molecule has 0 aliphatic rings. The lowest BCUT2D eigenvalue weighted by atomic mass is 10.0. The molecular weight excluding hydrogens is 266 g/mol. The summed E-state index contributed by atoms with van der Waals surface area (Å²) in [6, 6.07) is 6.15. The van der Waals surface area contributed by atoms with Crippen LogP contribution < -0.4 is 0 Å². The number of carbonyl (C=O) groups excluding carboxylic acids is 1. The molecule has 0 unspecified atom stereocenters. The van der Waals surface area contributed by atoms with Crippen molar-refractivity contribution in [1.29, 1.82) is 0 Å². The fraction of sp³-hybridized carbons (Fsp3) is 0.312. The van der Waals surface area contributed by atoms with Crippen LogP contribution >= 0.6 is 0 Å². The fourth-order valence-electron chi connectivity index (χ4n) is 2.15. The zero-order valence-electron chi connectivity index (χ0n) is 12.6. The zero-order valence-corrected chi connectivity index (χ0v) is 12.6. The van der Waals surface area contributed by atoms with Crippen molar-refractivity contribution < 1.29 is 9.53 Å². The van der Waals surface area contributed by atoms with Crippen molar-refractivity contribution in [2.45, 2.75) is 27.3 Å². The van der Waals surface area contributed by atoms with Gasteiger partial charge < -0.3 is 4.74 Å². The van der Waals surface area contributed by atoms with Gasteiger partial charge >= 0.3 is 5.97 Å². The minimum Gasteiger partial charge on any atom is -0.457 e. The normalized spacial score (nSPS) is 10.4. The average molecular weight is 285 g/mol. The molecule has 0 saturated heterocycles. The van der Waals surface area contributed by atoms with E-state index in [-0.39, 0.29) is 12.3 Å². The van der Waals surface area contributed by atoms with Gasteiger partial charge in [0.1, 0.15) is 6.61 Å². The zero-order chi connectivity index (χ0) is 15.4. The summed E-state index contributed by atoms with van der Waals surface area (Å²) in [4.78, 5) is 11.8. The minimum atomic E-state index is -0.472. The molecule has 0 N–H and O–H groups in total.